The van der Waals surface area contributed by atoms with Crippen molar-refractivity contribution in [1.29, 1.82) is 0 Å². The standard InChI is InChI=1S/C14H12ClN3O2S/c1-9-5-6-14(11(15)7-9)21(19,20)18-13-4-2-3-12-10(13)8-16-17-12/h2-8,18H,1H3,(H,16,17). The molecule has 0 bridgehead atoms. The van der Waals surface area contributed by atoms with E-state index >= 15 is 0 Å². The Labute approximate surface area is 127 Å². The number of halogens is 1. The number of aryl methyl sites for hydroxylation is 1. The quantitative estimate of drug-likeness (QED) is 0.777. The van der Waals surface area contributed by atoms with Crippen LogP contribution >= 0.6 is 11.6 Å². The molecule has 5 nitrogen and oxygen atoms in total. The van der Waals surface area contributed by atoms with Gasteiger partial charge in [0, 0.05) is 5.39 Å². The maximum Gasteiger partial charge on any atom is 0.263 e. The summed E-state index contributed by atoms with van der Waals surface area (Å²) in [7, 11) is -3.75. The van der Waals surface area contributed by atoms with E-state index in [0.717, 1.165) is 11.1 Å². The van der Waals surface area contributed by atoms with Crippen LogP contribution in [-0.4, -0.2) is 18.6 Å². The second-order valence-electron chi connectivity index (χ2n) is 4.68. The van der Waals surface area contributed by atoms with Gasteiger partial charge in [-0.3, -0.25) is 9.82 Å². The number of aromatic amines is 1. The van der Waals surface area contributed by atoms with Gasteiger partial charge >= 0.3 is 0 Å². The van der Waals surface area contributed by atoms with Gasteiger partial charge in [-0.15, -0.1) is 0 Å². The molecule has 1 aromatic heterocycles. The molecule has 0 saturated heterocycles. The molecule has 0 aliphatic heterocycles. The first-order valence-corrected chi connectivity index (χ1v) is 8.04. The molecular weight excluding hydrogens is 310 g/mol. The second kappa shape index (κ2) is 5.05. The Morgan fingerprint density at radius 2 is 2.05 bits per heavy atom. The normalized spacial score (nSPS) is 11.7. The molecule has 0 spiro atoms. The largest absolute Gasteiger partial charge is 0.279 e. The fourth-order valence-electron chi connectivity index (χ4n) is 2.08. The molecule has 3 aromatic rings. The number of rotatable bonds is 3. The van der Waals surface area contributed by atoms with E-state index in [1.54, 1.807) is 30.5 Å². The van der Waals surface area contributed by atoms with Gasteiger partial charge in [0.15, 0.2) is 0 Å². The summed E-state index contributed by atoms with van der Waals surface area (Å²) < 4.78 is 27.5. The molecule has 0 radical (unpaired) electrons. The summed E-state index contributed by atoms with van der Waals surface area (Å²) >= 11 is 6.04. The lowest BCUT2D eigenvalue weighted by Crippen LogP contribution is -2.13. The van der Waals surface area contributed by atoms with Crippen molar-refractivity contribution in [2.45, 2.75) is 11.8 Å². The van der Waals surface area contributed by atoms with E-state index < -0.39 is 10.0 Å². The van der Waals surface area contributed by atoms with Crippen molar-refractivity contribution in [3.8, 4) is 0 Å². The van der Waals surface area contributed by atoms with E-state index in [4.69, 9.17) is 11.6 Å². The van der Waals surface area contributed by atoms with Gasteiger partial charge in [0.1, 0.15) is 4.90 Å². The third kappa shape index (κ3) is 2.59. The minimum absolute atomic E-state index is 0.0512. The summed E-state index contributed by atoms with van der Waals surface area (Å²) in [6, 6.07) is 10.1. The SMILES string of the molecule is Cc1ccc(S(=O)(=O)Nc2cccc3[nH]ncc23)c(Cl)c1. The first-order chi connectivity index (χ1) is 9.97. The summed E-state index contributed by atoms with van der Waals surface area (Å²) in [6.45, 7) is 1.85. The van der Waals surface area contributed by atoms with Crippen molar-refractivity contribution in [1.82, 2.24) is 10.2 Å². The zero-order chi connectivity index (χ0) is 15.0. The number of anilines is 1. The number of hydrogen-bond acceptors (Lipinski definition) is 3. The Bertz CT molecular complexity index is 919. The highest BCUT2D eigenvalue weighted by Gasteiger charge is 2.19. The van der Waals surface area contributed by atoms with Gasteiger partial charge in [-0.1, -0.05) is 23.7 Å². The molecule has 7 heteroatoms. The van der Waals surface area contributed by atoms with Crippen molar-refractivity contribution < 1.29 is 8.42 Å². The van der Waals surface area contributed by atoms with Crippen LogP contribution in [0.4, 0.5) is 5.69 Å². The number of aromatic nitrogens is 2. The first-order valence-electron chi connectivity index (χ1n) is 6.18. The zero-order valence-corrected chi connectivity index (χ0v) is 12.7. The fraction of sp³-hybridized carbons (Fsp3) is 0.0714. The third-order valence-corrected chi connectivity index (χ3v) is 4.95. The van der Waals surface area contributed by atoms with Gasteiger partial charge in [0.25, 0.3) is 10.0 Å². The average molecular weight is 322 g/mol. The fourth-order valence-corrected chi connectivity index (χ4v) is 3.76. The monoisotopic (exact) mass is 321 g/mol. The first kappa shape index (κ1) is 13.9. The van der Waals surface area contributed by atoms with Gasteiger partial charge < -0.3 is 0 Å². The van der Waals surface area contributed by atoms with Crippen LogP contribution in [-0.2, 0) is 10.0 Å². The molecule has 0 amide bonds. The van der Waals surface area contributed by atoms with Crippen LogP contribution in [0, 0.1) is 6.92 Å². The molecule has 1 heterocycles. The predicted octanol–water partition coefficient (Wildman–Crippen LogP) is 3.33. The molecule has 0 fully saturated rings. The lowest BCUT2D eigenvalue weighted by atomic mass is 10.2. The summed E-state index contributed by atoms with van der Waals surface area (Å²) in [5.41, 5.74) is 2.11. The van der Waals surface area contributed by atoms with E-state index in [1.165, 1.54) is 6.07 Å². The molecule has 2 N–H and O–H groups in total. The van der Waals surface area contributed by atoms with Crippen molar-refractivity contribution in [3.63, 3.8) is 0 Å². The summed E-state index contributed by atoms with van der Waals surface area (Å²) in [4.78, 5) is 0.0512. The number of benzene rings is 2. The van der Waals surface area contributed by atoms with E-state index in [0.29, 0.717) is 11.1 Å². The molecule has 3 rings (SSSR count). The highest BCUT2D eigenvalue weighted by molar-refractivity contribution is 7.92. The van der Waals surface area contributed by atoms with Crippen molar-refractivity contribution in [3.05, 3.63) is 53.2 Å². The predicted molar refractivity (Wildman–Crippen MR) is 83.1 cm³/mol. The van der Waals surface area contributed by atoms with E-state index in [-0.39, 0.29) is 9.92 Å². The lowest BCUT2D eigenvalue weighted by molar-refractivity contribution is 0.601. The van der Waals surface area contributed by atoms with Crippen LogP contribution in [0.25, 0.3) is 10.9 Å². The highest BCUT2D eigenvalue weighted by Crippen LogP contribution is 2.27. The van der Waals surface area contributed by atoms with Crippen molar-refractivity contribution in [2.24, 2.45) is 0 Å². The van der Waals surface area contributed by atoms with Crippen LogP contribution in [0.2, 0.25) is 5.02 Å². The number of hydrogen-bond donors (Lipinski definition) is 2. The summed E-state index contributed by atoms with van der Waals surface area (Å²) in [6.07, 6.45) is 1.57. The Morgan fingerprint density at radius 1 is 1.24 bits per heavy atom. The van der Waals surface area contributed by atoms with Crippen LogP contribution in [0.5, 0.6) is 0 Å². The Morgan fingerprint density at radius 3 is 2.81 bits per heavy atom. The molecule has 0 aliphatic carbocycles. The number of sulfonamides is 1. The third-order valence-electron chi connectivity index (χ3n) is 3.11. The zero-order valence-electron chi connectivity index (χ0n) is 11.1. The second-order valence-corrected chi connectivity index (χ2v) is 6.73. The Hall–Kier alpha value is -2.05. The topological polar surface area (TPSA) is 74.8 Å². The molecule has 108 valence electrons. The number of fused-ring (bicyclic) bond motifs is 1. The summed E-state index contributed by atoms with van der Waals surface area (Å²) in [5.74, 6) is 0. The number of nitrogens with zero attached hydrogens (tertiary/aromatic N) is 1. The molecule has 21 heavy (non-hydrogen) atoms. The highest BCUT2D eigenvalue weighted by atomic mass is 35.5. The van der Waals surface area contributed by atoms with Gasteiger partial charge in [-0.05, 0) is 36.8 Å². The number of nitrogens with one attached hydrogen (secondary N) is 2. The van der Waals surface area contributed by atoms with E-state index in [2.05, 4.69) is 14.9 Å². The number of H-pyrrole nitrogens is 1. The van der Waals surface area contributed by atoms with Crippen molar-refractivity contribution >= 4 is 38.2 Å². The van der Waals surface area contributed by atoms with Crippen LogP contribution < -0.4 is 4.72 Å². The van der Waals surface area contributed by atoms with Crippen molar-refractivity contribution in [2.75, 3.05) is 4.72 Å². The minimum Gasteiger partial charge on any atom is -0.279 e. The van der Waals surface area contributed by atoms with Gasteiger partial charge in [0.2, 0.25) is 0 Å². The van der Waals surface area contributed by atoms with Crippen LogP contribution in [0.3, 0.4) is 0 Å². The molecule has 0 saturated carbocycles. The van der Waals surface area contributed by atoms with Gasteiger partial charge in [-0.25, -0.2) is 8.42 Å². The van der Waals surface area contributed by atoms with E-state index in [9.17, 15) is 8.42 Å². The molecule has 0 aliphatic rings. The van der Waals surface area contributed by atoms with Crippen LogP contribution in [0.15, 0.2) is 47.5 Å². The van der Waals surface area contributed by atoms with E-state index in [1.807, 2.05) is 13.0 Å². The molecular formula is C14H12ClN3O2S. The smallest absolute Gasteiger partial charge is 0.263 e. The maximum absolute atomic E-state index is 12.5. The Kier molecular flexibility index (Phi) is 3.35. The molecule has 2 aromatic carbocycles. The summed E-state index contributed by atoms with van der Waals surface area (Å²) in [5, 5.41) is 7.60. The minimum atomic E-state index is -3.75. The van der Waals surface area contributed by atoms with Gasteiger partial charge in [-0.2, -0.15) is 5.10 Å². The van der Waals surface area contributed by atoms with Crippen LogP contribution in [0.1, 0.15) is 5.56 Å². The Balaban J connectivity index is 2.05. The maximum atomic E-state index is 12.5. The average Bonchev–Trinajstić information content (AvgIpc) is 2.87. The molecule has 0 atom stereocenters. The van der Waals surface area contributed by atoms with Gasteiger partial charge in [0.05, 0.1) is 22.4 Å². The molecule has 0 unspecified atom stereocenters. The lowest BCUT2D eigenvalue weighted by Gasteiger charge is -2.10.